The molecule has 0 radical (unpaired) electrons. The first-order valence-electron chi connectivity index (χ1n) is 4.38. The van der Waals surface area contributed by atoms with Crippen LogP contribution in [-0.2, 0) is 9.68 Å². The lowest BCUT2D eigenvalue weighted by molar-refractivity contribution is -0.306. The van der Waals surface area contributed by atoms with Crippen LogP contribution in [0.3, 0.4) is 0 Å². The summed E-state index contributed by atoms with van der Waals surface area (Å²) in [7, 11) is 0. The van der Waals surface area contributed by atoms with Crippen molar-refractivity contribution in [3.63, 3.8) is 0 Å². The van der Waals surface area contributed by atoms with Crippen molar-refractivity contribution in [3.8, 4) is 0 Å². The fraction of sp³-hybridized carbons (Fsp3) is 0.364. The lowest BCUT2D eigenvalue weighted by atomic mass is 10.2. The van der Waals surface area contributed by atoms with Crippen LogP contribution in [-0.4, -0.2) is 22.4 Å². The maximum absolute atomic E-state index is 8.36. The van der Waals surface area contributed by atoms with Gasteiger partial charge in [0.15, 0.2) is 0 Å². The zero-order chi connectivity index (χ0) is 12.2. The quantitative estimate of drug-likeness (QED) is 0.396. The van der Waals surface area contributed by atoms with Crippen LogP contribution >= 0.6 is 0 Å². The maximum Gasteiger partial charge on any atom is 0.290 e. The Bertz CT molecular complexity index is 189. The zero-order valence-corrected chi connectivity index (χ0v) is 9.25. The van der Waals surface area contributed by atoms with Gasteiger partial charge in [-0.15, -0.1) is 0 Å². The number of hydrogen-bond donors (Lipinski definition) is 2. The van der Waals surface area contributed by atoms with E-state index in [4.69, 9.17) is 15.2 Å². The van der Waals surface area contributed by atoms with E-state index in [9.17, 15) is 0 Å². The van der Waals surface area contributed by atoms with Crippen molar-refractivity contribution in [2.45, 2.75) is 26.4 Å². The Morgan fingerprint density at radius 2 is 1.13 bits per heavy atom. The summed E-state index contributed by atoms with van der Waals surface area (Å²) in [6.07, 6.45) is 0. The van der Waals surface area contributed by atoms with Gasteiger partial charge in [0.2, 0.25) is 0 Å². The highest BCUT2D eigenvalue weighted by Gasteiger charge is 2.06. The molecular weight excluding hydrogens is 196 g/mol. The fourth-order valence-electron chi connectivity index (χ4n) is 0.385. The van der Waals surface area contributed by atoms with E-state index in [2.05, 4.69) is 4.89 Å². The highest BCUT2D eigenvalue weighted by molar-refractivity contribution is 5.32. The third kappa shape index (κ3) is 24.5. The van der Waals surface area contributed by atoms with Crippen LogP contribution < -0.4 is 0 Å². The molecule has 0 saturated carbocycles. The average molecular weight is 214 g/mol. The molecular formula is C11H18O4. The van der Waals surface area contributed by atoms with Crippen LogP contribution in [0, 0.1) is 0 Å². The Morgan fingerprint density at radius 1 is 1.00 bits per heavy atom. The van der Waals surface area contributed by atoms with Crippen molar-refractivity contribution in [2.75, 3.05) is 0 Å². The second-order valence-electron chi connectivity index (χ2n) is 3.46. The molecule has 0 spiro atoms. The summed E-state index contributed by atoms with van der Waals surface area (Å²) in [5, 5.41) is 14.8. The molecule has 1 aromatic rings. The van der Waals surface area contributed by atoms with Gasteiger partial charge in [0.1, 0.15) is 0 Å². The van der Waals surface area contributed by atoms with Gasteiger partial charge in [-0.3, -0.25) is 10.1 Å². The normalized spacial score (nSPS) is 8.80. The maximum atomic E-state index is 8.36. The van der Waals surface area contributed by atoms with Crippen molar-refractivity contribution in [1.82, 2.24) is 0 Å². The van der Waals surface area contributed by atoms with Gasteiger partial charge in [0, 0.05) is 0 Å². The summed E-state index contributed by atoms with van der Waals surface area (Å²) in [5.74, 6) is 0. The van der Waals surface area contributed by atoms with Crippen molar-refractivity contribution in [2.24, 2.45) is 0 Å². The first kappa shape index (κ1) is 16.1. The fourth-order valence-corrected chi connectivity index (χ4v) is 0.385. The Kier molecular flexibility index (Phi) is 11.4. The van der Waals surface area contributed by atoms with E-state index in [0.717, 1.165) is 0 Å². The largest absolute Gasteiger partial charge is 0.483 e. The van der Waals surface area contributed by atoms with E-state index in [1.165, 1.54) is 0 Å². The third-order valence-corrected chi connectivity index (χ3v) is 0.941. The van der Waals surface area contributed by atoms with Crippen molar-refractivity contribution in [1.29, 1.82) is 0 Å². The molecule has 0 aliphatic heterocycles. The van der Waals surface area contributed by atoms with Gasteiger partial charge in [0.05, 0.1) is 5.60 Å². The minimum absolute atomic E-state index is 0.250. The topological polar surface area (TPSA) is 66.8 Å². The summed E-state index contributed by atoms with van der Waals surface area (Å²) >= 11 is 0. The minimum atomic E-state index is -0.403. The van der Waals surface area contributed by atoms with Crippen LogP contribution in [0.15, 0.2) is 36.4 Å². The first-order valence-corrected chi connectivity index (χ1v) is 4.38. The minimum Gasteiger partial charge on any atom is -0.483 e. The van der Waals surface area contributed by atoms with Crippen LogP contribution in [0.25, 0.3) is 0 Å². The predicted molar refractivity (Wildman–Crippen MR) is 58.6 cm³/mol. The highest BCUT2D eigenvalue weighted by Crippen LogP contribution is 2.01. The first-order chi connectivity index (χ1) is 6.97. The molecule has 0 aliphatic rings. The Hall–Kier alpha value is -1.39. The number of benzene rings is 1. The summed E-state index contributed by atoms with van der Waals surface area (Å²) in [6.45, 7) is 5.06. The average Bonchev–Trinajstić information content (AvgIpc) is 2.21. The molecule has 0 aromatic heterocycles. The number of carboxylic acid groups (broad SMARTS) is 1. The Balaban J connectivity index is 0. The van der Waals surface area contributed by atoms with E-state index in [1.807, 2.05) is 36.4 Å². The lowest BCUT2D eigenvalue weighted by Crippen LogP contribution is -2.15. The van der Waals surface area contributed by atoms with Crippen LogP contribution in [0.2, 0.25) is 0 Å². The van der Waals surface area contributed by atoms with Crippen LogP contribution in [0.1, 0.15) is 20.8 Å². The summed E-state index contributed by atoms with van der Waals surface area (Å²) in [4.78, 5) is 12.3. The lowest BCUT2D eigenvalue weighted by Gasteiger charge is -2.10. The molecule has 0 aliphatic carbocycles. The van der Waals surface area contributed by atoms with E-state index < -0.39 is 5.60 Å². The van der Waals surface area contributed by atoms with E-state index in [0.29, 0.717) is 0 Å². The molecule has 2 N–H and O–H groups in total. The number of carbonyl (C=O) groups is 1. The molecule has 4 heteroatoms. The summed E-state index contributed by atoms with van der Waals surface area (Å²) < 4.78 is 0. The molecule has 0 unspecified atom stereocenters. The zero-order valence-electron chi connectivity index (χ0n) is 9.25. The molecule has 0 atom stereocenters. The summed E-state index contributed by atoms with van der Waals surface area (Å²) in [6, 6.07) is 12.0. The standard InChI is InChI=1S/C6H6.C4H10O2.CH2O2/c1-2-4-6-5-3-1;1-4(2,3)6-5;2-1-3/h1-6H;5H,1-3H3;1H,(H,2,3). The van der Waals surface area contributed by atoms with Crippen LogP contribution in [0.4, 0.5) is 0 Å². The van der Waals surface area contributed by atoms with E-state index >= 15 is 0 Å². The Morgan fingerprint density at radius 3 is 1.20 bits per heavy atom. The highest BCUT2D eigenvalue weighted by atomic mass is 17.1. The molecule has 86 valence electrons. The molecule has 0 bridgehead atoms. The van der Waals surface area contributed by atoms with Crippen molar-refractivity contribution >= 4 is 6.47 Å². The number of rotatable bonds is 0. The molecule has 0 heterocycles. The monoisotopic (exact) mass is 214 g/mol. The van der Waals surface area contributed by atoms with Gasteiger partial charge in [0.25, 0.3) is 6.47 Å². The van der Waals surface area contributed by atoms with Gasteiger partial charge in [-0.2, -0.15) is 0 Å². The molecule has 4 nitrogen and oxygen atoms in total. The molecule has 0 saturated heterocycles. The van der Waals surface area contributed by atoms with E-state index in [-0.39, 0.29) is 6.47 Å². The Labute approximate surface area is 90.1 Å². The van der Waals surface area contributed by atoms with Gasteiger partial charge in [-0.25, -0.2) is 4.89 Å². The third-order valence-electron chi connectivity index (χ3n) is 0.941. The van der Waals surface area contributed by atoms with Gasteiger partial charge in [-0.05, 0) is 20.8 Å². The second-order valence-corrected chi connectivity index (χ2v) is 3.46. The summed E-state index contributed by atoms with van der Waals surface area (Å²) in [5.41, 5.74) is -0.403. The van der Waals surface area contributed by atoms with E-state index in [1.54, 1.807) is 20.8 Å². The number of hydrogen-bond acceptors (Lipinski definition) is 3. The molecule has 1 aromatic carbocycles. The molecule has 1 rings (SSSR count). The SMILES string of the molecule is CC(C)(C)OO.O=CO.c1ccccc1. The van der Waals surface area contributed by atoms with Crippen molar-refractivity contribution in [3.05, 3.63) is 36.4 Å². The van der Waals surface area contributed by atoms with Gasteiger partial charge < -0.3 is 5.11 Å². The van der Waals surface area contributed by atoms with Gasteiger partial charge >= 0.3 is 0 Å². The second kappa shape index (κ2) is 10.7. The molecule has 15 heavy (non-hydrogen) atoms. The predicted octanol–water partition coefficient (Wildman–Crippen LogP) is 2.66. The van der Waals surface area contributed by atoms with Crippen molar-refractivity contribution < 1.29 is 20.0 Å². The smallest absolute Gasteiger partial charge is 0.290 e. The molecule has 0 amide bonds. The molecule has 0 fully saturated rings. The van der Waals surface area contributed by atoms with Gasteiger partial charge in [-0.1, -0.05) is 36.4 Å². The van der Waals surface area contributed by atoms with Crippen LogP contribution in [0.5, 0.6) is 0 Å².